The van der Waals surface area contributed by atoms with E-state index in [0.717, 1.165) is 42.2 Å². The summed E-state index contributed by atoms with van der Waals surface area (Å²) in [7, 11) is 0. The quantitative estimate of drug-likeness (QED) is 0.925. The van der Waals surface area contributed by atoms with Crippen molar-refractivity contribution in [1.29, 1.82) is 0 Å². The van der Waals surface area contributed by atoms with Gasteiger partial charge in [-0.2, -0.15) is 0 Å². The summed E-state index contributed by atoms with van der Waals surface area (Å²) < 4.78 is 5.94. The van der Waals surface area contributed by atoms with Crippen LogP contribution in [0.15, 0.2) is 18.2 Å². The molecule has 6 heteroatoms. The van der Waals surface area contributed by atoms with E-state index in [-0.39, 0.29) is 6.10 Å². The number of ether oxygens (including phenoxy) is 1. The summed E-state index contributed by atoms with van der Waals surface area (Å²) in [4.78, 5) is 9.21. The van der Waals surface area contributed by atoms with Gasteiger partial charge in [-0.1, -0.05) is 23.2 Å². The molecule has 0 saturated carbocycles. The molecule has 3 rings (SSSR count). The topological polar surface area (TPSA) is 47.0 Å². The fraction of sp³-hybridized carbons (Fsp3) is 0.375. The van der Waals surface area contributed by atoms with Crippen LogP contribution in [0.25, 0.3) is 11.3 Å². The number of nitrogens with zero attached hydrogens (tertiary/aromatic N) is 2. The van der Waals surface area contributed by atoms with Crippen LogP contribution in [0.4, 0.5) is 0 Å². The number of hydrogen-bond donors (Lipinski definition) is 1. The van der Waals surface area contributed by atoms with Gasteiger partial charge >= 0.3 is 0 Å². The SMILES string of the molecule is Cc1nc(-c2ccc(Cl)cc2Cl)c(C)nc1OC1CCNC1. The first-order valence-electron chi connectivity index (χ1n) is 7.22. The summed E-state index contributed by atoms with van der Waals surface area (Å²) in [6.07, 6.45) is 1.16. The molecule has 1 atom stereocenters. The van der Waals surface area contributed by atoms with E-state index in [1.807, 2.05) is 19.9 Å². The molecule has 2 aromatic rings. The number of nitrogens with one attached hydrogen (secondary N) is 1. The van der Waals surface area contributed by atoms with Crippen LogP contribution in [0, 0.1) is 13.8 Å². The zero-order valence-corrected chi connectivity index (χ0v) is 14.0. The number of hydrogen-bond acceptors (Lipinski definition) is 4. The Morgan fingerprint density at radius 2 is 2.00 bits per heavy atom. The predicted octanol–water partition coefficient (Wildman–Crippen LogP) is 3.81. The van der Waals surface area contributed by atoms with Crippen molar-refractivity contribution in [3.63, 3.8) is 0 Å². The van der Waals surface area contributed by atoms with E-state index >= 15 is 0 Å². The van der Waals surface area contributed by atoms with Crippen LogP contribution in [0.5, 0.6) is 5.88 Å². The van der Waals surface area contributed by atoms with Crippen LogP contribution in [-0.2, 0) is 0 Å². The molecular weight excluding hydrogens is 321 g/mol. The molecule has 0 bridgehead atoms. The smallest absolute Gasteiger partial charge is 0.235 e. The monoisotopic (exact) mass is 337 g/mol. The van der Waals surface area contributed by atoms with Crippen molar-refractivity contribution >= 4 is 23.2 Å². The van der Waals surface area contributed by atoms with E-state index < -0.39 is 0 Å². The van der Waals surface area contributed by atoms with Crippen molar-refractivity contribution in [3.8, 4) is 17.1 Å². The van der Waals surface area contributed by atoms with Gasteiger partial charge in [-0.25, -0.2) is 9.97 Å². The van der Waals surface area contributed by atoms with Gasteiger partial charge in [0.05, 0.1) is 16.4 Å². The van der Waals surface area contributed by atoms with Gasteiger partial charge in [0.15, 0.2) is 0 Å². The Kier molecular flexibility index (Phi) is 4.52. The minimum absolute atomic E-state index is 0.164. The number of rotatable bonds is 3. The van der Waals surface area contributed by atoms with Gasteiger partial charge < -0.3 is 10.1 Å². The van der Waals surface area contributed by atoms with Crippen molar-refractivity contribution in [1.82, 2.24) is 15.3 Å². The number of halogens is 2. The van der Waals surface area contributed by atoms with E-state index in [1.54, 1.807) is 12.1 Å². The van der Waals surface area contributed by atoms with E-state index in [4.69, 9.17) is 27.9 Å². The summed E-state index contributed by atoms with van der Waals surface area (Å²) >= 11 is 12.2. The average molecular weight is 338 g/mol. The summed E-state index contributed by atoms with van der Waals surface area (Å²) in [6, 6.07) is 5.37. The maximum atomic E-state index is 6.27. The van der Waals surface area contributed by atoms with Gasteiger partial charge in [-0.05, 0) is 45.0 Å². The second-order valence-corrected chi connectivity index (χ2v) is 6.25. The molecule has 1 unspecified atom stereocenters. The Bertz CT molecular complexity index is 700. The lowest BCUT2D eigenvalue weighted by Crippen LogP contribution is -2.21. The third-order valence-electron chi connectivity index (χ3n) is 3.68. The molecule has 0 aliphatic carbocycles. The zero-order valence-electron chi connectivity index (χ0n) is 12.5. The van der Waals surface area contributed by atoms with Crippen molar-refractivity contribution in [2.45, 2.75) is 26.4 Å². The summed E-state index contributed by atoms with van der Waals surface area (Å²) in [6.45, 7) is 5.64. The Hall–Kier alpha value is -1.36. The van der Waals surface area contributed by atoms with E-state index in [1.165, 1.54) is 0 Å². The van der Waals surface area contributed by atoms with E-state index in [2.05, 4.69) is 15.3 Å². The van der Waals surface area contributed by atoms with Crippen LogP contribution >= 0.6 is 23.2 Å². The highest BCUT2D eigenvalue weighted by Gasteiger charge is 2.20. The molecule has 1 fully saturated rings. The van der Waals surface area contributed by atoms with Gasteiger partial charge in [0, 0.05) is 17.1 Å². The van der Waals surface area contributed by atoms with Crippen LogP contribution in [0.1, 0.15) is 17.8 Å². The largest absolute Gasteiger partial charge is 0.472 e. The molecule has 1 N–H and O–H groups in total. The van der Waals surface area contributed by atoms with Gasteiger partial charge in [0.2, 0.25) is 5.88 Å². The van der Waals surface area contributed by atoms with Gasteiger partial charge in [0.25, 0.3) is 0 Å². The minimum Gasteiger partial charge on any atom is -0.472 e. The van der Waals surface area contributed by atoms with Crippen LogP contribution < -0.4 is 10.1 Å². The molecule has 1 aromatic carbocycles. The fourth-order valence-electron chi connectivity index (χ4n) is 2.52. The van der Waals surface area contributed by atoms with E-state index in [9.17, 15) is 0 Å². The molecule has 116 valence electrons. The Morgan fingerprint density at radius 1 is 1.18 bits per heavy atom. The highest BCUT2D eigenvalue weighted by Crippen LogP contribution is 2.32. The summed E-state index contributed by atoms with van der Waals surface area (Å²) in [5.74, 6) is 0.597. The summed E-state index contributed by atoms with van der Waals surface area (Å²) in [5.41, 5.74) is 3.14. The van der Waals surface area contributed by atoms with Crippen molar-refractivity contribution in [2.75, 3.05) is 13.1 Å². The molecule has 1 aromatic heterocycles. The number of aromatic nitrogens is 2. The van der Waals surface area contributed by atoms with Gasteiger partial charge in [-0.3, -0.25) is 0 Å². The Labute approximate surface area is 139 Å². The highest BCUT2D eigenvalue weighted by atomic mass is 35.5. The molecular formula is C16H17Cl2N3O. The Morgan fingerprint density at radius 3 is 2.68 bits per heavy atom. The lowest BCUT2D eigenvalue weighted by atomic mass is 10.1. The van der Waals surface area contributed by atoms with Crippen LogP contribution in [-0.4, -0.2) is 29.2 Å². The number of aryl methyl sites for hydroxylation is 2. The molecule has 4 nitrogen and oxygen atoms in total. The molecule has 1 saturated heterocycles. The van der Waals surface area contributed by atoms with Crippen molar-refractivity contribution < 1.29 is 4.74 Å². The second kappa shape index (κ2) is 6.41. The summed E-state index contributed by atoms with van der Waals surface area (Å²) in [5, 5.41) is 4.44. The lowest BCUT2D eigenvalue weighted by Gasteiger charge is -2.15. The van der Waals surface area contributed by atoms with Gasteiger partial charge in [0.1, 0.15) is 11.8 Å². The first-order chi connectivity index (χ1) is 10.5. The first-order valence-corrected chi connectivity index (χ1v) is 7.98. The van der Waals surface area contributed by atoms with Crippen LogP contribution in [0.2, 0.25) is 10.0 Å². The van der Waals surface area contributed by atoms with Crippen molar-refractivity contribution in [3.05, 3.63) is 39.6 Å². The minimum atomic E-state index is 0.164. The van der Waals surface area contributed by atoms with Crippen molar-refractivity contribution in [2.24, 2.45) is 0 Å². The zero-order chi connectivity index (χ0) is 15.7. The number of benzene rings is 1. The first kappa shape index (κ1) is 15.5. The third-order valence-corrected chi connectivity index (χ3v) is 4.23. The molecule has 0 amide bonds. The molecule has 22 heavy (non-hydrogen) atoms. The van der Waals surface area contributed by atoms with Crippen LogP contribution in [0.3, 0.4) is 0 Å². The second-order valence-electron chi connectivity index (χ2n) is 5.41. The average Bonchev–Trinajstić information content (AvgIpc) is 2.96. The third kappa shape index (κ3) is 3.19. The van der Waals surface area contributed by atoms with Gasteiger partial charge in [-0.15, -0.1) is 0 Å². The molecule has 1 aliphatic rings. The Balaban J connectivity index is 1.94. The fourth-order valence-corrected chi connectivity index (χ4v) is 3.02. The highest BCUT2D eigenvalue weighted by molar-refractivity contribution is 6.36. The normalized spacial score (nSPS) is 17.7. The van der Waals surface area contributed by atoms with E-state index in [0.29, 0.717) is 15.9 Å². The maximum Gasteiger partial charge on any atom is 0.235 e. The molecule has 2 heterocycles. The molecule has 1 aliphatic heterocycles. The molecule has 0 spiro atoms. The predicted molar refractivity (Wildman–Crippen MR) is 88.9 cm³/mol. The standard InChI is InChI=1S/C16H17Cl2N3O/c1-9-15(13-4-3-11(17)7-14(13)18)20-10(2)16(21-9)22-12-5-6-19-8-12/h3-4,7,12,19H,5-6,8H2,1-2H3. The molecule has 0 radical (unpaired) electrons. The maximum absolute atomic E-state index is 6.27. The lowest BCUT2D eigenvalue weighted by molar-refractivity contribution is 0.211.